The minimum absolute atomic E-state index is 0.255. The largest absolute Gasteiger partial charge is 0.368 e. The van der Waals surface area contributed by atoms with Gasteiger partial charge in [-0.3, -0.25) is 0 Å². The van der Waals surface area contributed by atoms with E-state index >= 15 is 0 Å². The summed E-state index contributed by atoms with van der Waals surface area (Å²) >= 11 is 0. The van der Waals surface area contributed by atoms with Crippen molar-refractivity contribution in [3.05, 3.63) is 48.0 Å². The van der Waals surface area contributed by atoms with Gasteiger partial charge in [0.05, 0.1) is 10.7 Å². The van der Waals surface area contributed by atoms with Gasteiger partial charge in [0.2, 0.25) is 5.95 Å². The van der Waals surface area contributed by atoms with Gasteiger partial charge < -0.3 is 15.2 Å². The molecule has 3 aromatic rings. The van der Waals surface area contributed by atoms with Gasteiger partial charge >= 0.3 is 6.01 Å². The number of benzene rings is 1. The predicted molar refractivity (Wildman–Crippen MR) is 125 cm³/mol. The van der Waals surface area contributed by atoms with Crippen molar-refractivity contribution in [1.29, 1.82) is 0 Å². The Hall–Kier alpha value is -3.01. The highest BCUT2D eigenvalue weighted by Crippen LogP contribution is 2.50. The molecular formula is C23H28N6O3S. The minimum Gasteiger partial charge on any atom is -0.368 e. The summed E-state index contributed by atoms with van der Waals surface area (Å²) < 4.78 is 29.4. The van der Waals surface area contributed by atoms with Crippen LogP contribution in [0.5, 0.6) is 0 Å². The van der Waals surface area contributed by atoms with Crippen molar-refractivity contribution in [2.24, 2.45) is 5.92 Å². The molecular weight excluding hydrogens is 440 g/mol. The number of nitrogen functional groups attached to an aromatic ring is 1. The summed E-state index contributed by atoms with van der Waals surface area (Å²) in [5.74, 6) is 1.38. The molecule has 2 fully saturated rings. The predicted octanol–water partition coefficient (Wildman–Crippen LogP) is 2.84. The molecule has 2 N–H and O–H groups in total. The Kier molecular flexibility index (Phi) is 5.35. The molecule has 1 atom stereocenters. The van der Waals surface area contributed by atoms with E-state index in [-0.39, 0.29) is 16.6 Å². The summed E-state index contributed by atoms with van der Waals surface area (Å²) in [6.07, 6.45) is 8.14. The highest BCUT2D eigenvalue weighted by atomic mass is 32.2. The van der Waals surface area contributed by atoms with Crippen LogP contribution in [-0.2, 0) is 15.3 Å². The Morgan fingerprint density at radius 3 is 2.24 bits per heavy atom. The van der Waals surface area contributed by atoms with Crippen LogP contribution in [0.1, 0.15) is 44.0 Å². The van der Waals surface area contributed by atoms with Crippen LogP contribution in [0, 0.1) is 5.92 Å². The molecule has 1 saturated heterocycles. The maximum absolute atomic E-state index is 11.9. The van der Waals surface area contributed by atoms with Crippen LogP contribution in [0.25, 0.3) is 11.1 Å². The molecule has 2 aromatic heterocycles. The topological polar surface area (TPSA) is 128 Å². The van der Waals surface area contributed by atoms with Gasteiger partial charge in [0, 0.05) is 37.3 Å². The van der Waals surface area contributed by atoms with Crippen LogP contribution in [-0.4, -0.2) is 53.1 Å². The third kappa shape index (κ3) is 4.19. The Labute approximate surface area is 193 Å². The van der Waals surface area contributed by atoms with E-state index in [9.17, 15) is 8.42 Å². The lowest BCUT2D eigenvalue weighted by Gasteiger charge is -2.29. The van der Waals surface area contributed by atoms with Gasteiger partial charge in [-0.25, -0.2) is 18.4 Å². The number of rotatable bonds is 6. The number of aromatic nitrogens is 4. The SMILES string of the molecule is CC(c1ccc(-c2cnc(N)nc2)cc1)(c1noc(N2CCC(S(C)(=O)=O)CC2)n1)C1CC1. The minimum atomic E-state index is -3.02. The molecule has 10 heteroatoms. The van der Waals surface area contributed by atoms with Gasteiger partial charge in [0.15, 0.2) is 5.82 Å². The summed E-state index contributed by atoms with van der Waals surface area (Å²) in [5.41, 5.74) is 8.29. The van der Waals surface area contributed by atoms with Gasteiger partial charge in [0.1, 0.15) is 9.84 Å². The van der Waals surface area contributed by atoms with Crippen molar-refractivity contribution in [2.45, 2.75) is 43.3 Å². The summed E-state index contributed by atoms with van der Waals surface area (Å²) in [7, 11) is -3.02. The third-order valence-electron chi connectivity index (χ3n) is 7.08. The molecule has 9 nitrogen and oxygen atoms in total. The lowest BCUT2D eigenvalue weighted by molar-refractivity contribution is 0.373. The number of hydrogen-bond donors (Lipinski definition) is 1. The monoisotopic (exact) mass is 468 g/mol. The number of nitrogens with zero attached hydrogens (tertiary/aromatic N) is 5. The van der Waals surface area contributed by atoms with Crippen molar-refractivity contribution in [2.75, 3.05) is 30.0 Å². The molecule has 0 bridgehead atoms. The second kappa shape index (κ2) is 8.09. The van der Waals surface area contributed by atoms with Crippen LogP contribution in [0.2, 0.25) is 0 Å². The third-order valence-corrected chi connectivity index (χ3v) is 8.76. The van der Waals surface area contributed by atoms with Crippen LogP contribution in [0.4, 0.5) is 12.0 Å². The van der Waals surface area contributed by atoms with Crippen molar-refractivity contribution < 1.29 is 12.9 Å². The second-order valence-electron chi connectivity index (χ2n) is 9.30. The zero-order chi connectivity index (χ0) is 23.2. The average Bonchev–Trinajstić information content (AvgIpc) is 3.55. The number of hydrogen-bond acceptors (Lipinski definition) is 9. The molecule has 1 aromatic carbocycles. The van der Waals surface area contributed by atoms with Crippen molar-refractivity contribution in [3.8, 4) is 11.1 Å². The molecule has 174 valence electrons. The first-order valence-corrected chi connectivity index (χ1v) is 13.2. The quantitative estimate of drug-likeness (QED) is 0.580. The van der Waals surface area contributed by atoms with Gasteiger partial charge in [-0.15, -0.1) is 0 Å². The van der Waals surface area contributed by atoms with Crippen molar-refractivity contribution in [1.82, 2.24) is 20.1 Å². The van der Waals surface area contributed by atoms with E-state index < -0.39 is 9.84 Å². The van der Waals surface area contributed by atoms with Crippen LogP contribution in [0.3, 0.4) is 0 Å². The van der Waals surface area contributed by atoms with E-state index in [1.807, 2.05) is 4.90 Å². The molecule has 0 spiro atoms. The van der Waals surface area contributed by atoms with Gasteiger partial charge in [-0.2, -0.15) is 4.98 Å². The van der Waals surface area contributed by atoms with E-state index in [1.165, 1.54) is 6.26 Å². The standard InChI is InChI=1S/C23H28N6O3S/c1-23(18-7-8-18,17-5-3-15(4-6-17)16-13-25-21(24)26-14-16)20-27-22(32-28-20)29-11-9-19(10-12-29)33(2,30)31/h3-6,13-14,18-19H,7-12H2,1-2H3,(H2,24,25,26). The number of piperidine rings is 1. The van der Waals surface area contributed by atoms with E-state index in [1.54, 1.807) is 12.4 Å². The second-order valence-corrected chi connectivity index (χ2v) is 11.6. The lowest BCUT2D eigenvalue weighted by atomic mass is 9.77. The Morgan fingerprint density at radius 2 is 1.67 bits per heavy atom. The van der Waals surface area contributed by atoms with Gasteiger partial charge in [-0.05, 0) is 49.7 Å². The lowest BCUT2D eigenvalue weighted by Crippen LogP contribution is -2.39. The van der Waals surface area contributed by atoms with Gasteiger partial charge in [0.25, 0.3) is 0 Å². The molecule has 1 unspecified atom stereocenters. The molecule has 3 heterocycles. The molecule has 5 rings (SSSR count). The first-order valence-electron chi connectivity index (χ1n) is 11.2. The number of nitrogens with two attached hydrogens (primary N) is 1. The summed E-state index contributed by atoms with van der Waals surface area (Å²) in [5, 5.41) is 4.09. The fraction of sp³-hybridized carbons (Fsp3) is 0.478. The Morgan fingerprint density at radius 1 is 1.03 bits per heavy atom. The summed E-state index contributed by atoms with van der Waals surface area (Å²) in [6.45, 7) is 3.37. The highest BCUT2D eigenvalue weighted by molar-refractivity contribution is 7.91. The number of sulfone groups is 1. The van der Waals surface area contributed by atoms with Crippen molar-refractivity contribution >= 4 is 21.8 Å². The maximum Gasteiger partial charge on any atom is 0.324 e. The first-order chi connectivity index (χ1) is 15.7. The summed E-state index contributed by atoms with van der Waals surface area (Å²) in [6, 6.07) is 8.80. The smallest absolute Gasteiger partial charge is 0.324 e. The van der Waals surface area contributed by atoms with Gasteiger partial charge in [-0.1, -0.05) is 29.4 Å². The van der Waals surface area contributed by atoms with E-state index in [4.69, 9.17) is 15.2 Å². The molecule has 33 heavy (non-hydrogen) atoms. The van der Waals surface area contributed by atoms with Crippen molar-refractivity contribution in [3.63, 3.8) is 0 Å². The molecule has 0 amide bonds. The number of anilines is 2. The Bertz CT molecular complexity index is 1230. The molecule has 1 aliphatic heterocycles. The highest BCUT2D eigenvalue weighted by Gasteiger charge is 2.47. The molecule has 1 aliphatic carbocycles. The zero-order valence-corrected chi connectivity index (χ0v) is 19.6. The average molecular weight is 469 g/mol. The maximum atomic E-state index is 11.9. The van der Waals surface area contributed by atoms with Crippen LogP contribution in [0.15, 0.2) is 41.2 Å². The van der Waals surface area contributed by atoms with E-state index in [0.717, 1.165) is 29.5 Å². The van der Waals surface area contributed by atoms with Crippen LogP contribution < -0.4 is 10.6 Å². The Balaban J connectivity index is 1.38. The molecule has 1 saturated carbocycles. The fourth-order valence-electron chi connectivity index (χ4n) is 4.73. The van der Waals surface area contributed by atoms with E-state index in [0.29, 0.717) is 43.7 Å². The summed E-state index contributed by atoms with van der Waals surface area (Å²) in [4.78, 5) is 14.9. The van der Waals surface area contributed by atoms with E-state index in [2.05, 4.69) is 46.3 Å². The molecule has 2 aliphatic rings. The normalized spacial score (nSPS) is 19.4. The fourth-order valence-corrected chi connectivity index (χ4v) is 5.80. The zero-order valence-electron chi connectivity index (χ0n) is 18.8. The van der Waals surface area contributed by atoms with Crippen LogP contribution >= 0.6 is 0 Å². The molecule has 0 radical (unpaired) electrons. The first kappa shape index (κ1) is 21.8.